The number of rotatable bonds is 9. The molecule has 0 amide bonds. The molecule has 3 rings (SSSR count). The lowest BCUT2D eigenvalue weighted by atomic mass is 9.60. The van der Waals surface area contributed by atoms with E-state index in [-0.39, 0.29) is 56.2 Å². The average Bonchev–Trinajstić information content (AvgIpc) is 2.77. The van der Waals surface area contributed by atoms with Crippen LogP contribution in [0.25, 0.3) is 0 Å². The second kappa shape index (κ2) is 15.1. The molecule has 0 heterocycles. The highest BCUT2D eigenvalue weighted by Crippen LogP contribution is 2.52. The summed E-state index contributed by atoms with van der Waals surface area (Å²) in [7, 11) is 1.80. The zero-order valence-electron chi connectivity index (χ0n) is 21.0. The third kappa shape index (κ3) is 8.62. The van der Waals surface area contributed by atoms with Crippen LogP contribution in [0.2, 0.25) is 0 Å². The van der Waals surface area contributed by atoms with E-state index in [1.165, 1.54) is 0 Å². The smallest absolute Gasteiger partial charge is 0.101 e. The highest BCUT2D eigenvalue weighted by atomic mass is 79.9. The predicted octanol–water partition coefficient (Wildman–Crippen LogP) is 8.12. The van der Waals surface area contributed by atoms with Crippen molar-refractivity contribution in [3.63, 3.8) is 0 Å². The van der Waals surface area contributed by atoms with E-state index in [0.717, 1.165) is 38.5 Å². The van der Waals surface area contributed by atoms with E-state index in [2.05, 4.69) is 125 Å². The number of aliphatic hydroxyl groups is 1. The molecule has 0 aromatic heterocycles. The maximum atomic E-state index is 10.6. The quantitative estimate of drug-likeness (QED) is 0.238. The topological polar surface area (TPSA) is 47.9 Å². The van der Waals surface area contributed by atoms with Crippen LogP contribution in [0.5, 0.6) is 0 Å². The van der Waals surface area contributed by atoms with Gasteiger partial charge < -0.3 is 19.3 Å². The van der Waals surface area contributed by atoms with Crippen molar-refractivity contribution in [1.82, 2.24) is 0 Å². The molecule has 4 nitrogen and oxygen atoms in total. The van der Waals surface area contributed by atoms with Gasteiger partial charge in [-0.3, -0.25) is 0 Å². The Balaban J connectivity index is 1.48. The fourth-order valence-corrected chi connectivity index (χ4v) is 15.1. The lowest BCUT2D eigenvalue weighted by molar-refractivity contribution is -0.0736. The summed E-state index contributed by atoms with van der Waals surface area (Å²) < 4.78 is 18.1. The monoisotopic (exact) mass is 956 g/mol. The molecule has 0 spiro atoms. The molecule has 7 atom stereocenters. The van der Waals surface area contributed by atoms with Crippen molar-refractivity contribution in [3.8, 4) is 0 Å². The lowest BCUT2D eigenvalue weighted by Crippen LogP contribution is -2.50. The van der Waals surface area contributed by atoms with Crippen molar-refractivity contribution in [2.24, 2.45) is 17.3 Å². The molecule has 0 aromatic carbocycles. The second-order valence-electron chi connectivity index (χ2n) is 11.3. The molecule has 0 aliphatic heterocycles. The molecule has 0 aromatic rings. The van der Waals surface area contributed by atoms with E-state index in [0.29, 0.717) is 26.3 Å². The zero-order chi connectivity index (χ0) is 26.8. The maximum Gasteiger partial charge on any atom is 0.101 e. The Hall–Kier alpha value is 3.20. The van der Waals surface area contributed by atoms with Gasteiger partial charge in [-0.25, -0.2) is 0 Å². The normalized spacial score (nSPS) is 45.4. The first kappa shape index (κ1) is 33.7. The summed E-state index contributed by atoms with van der Waals surface area (Å²) >= 11 is 26.9. The maximum absolute atomic E-state index is 10.6. The third-order valence-corrected chi connectivity index (χ3v) is 14.6. The van der Waals surface area contributed by atoms with Gasteiger partial charge in [0.2, 0.25) is 0 Å². The standard InChI is InChI=1S/C25H39Br7O4/c1-25(2,12-4-16(27)22(34-3)17(28)5-12)13-6-18(29)23(19(30)7-13)35-10-15(33)11-36-24-20(31)8-14(26)9-21(24)32/h12-24,33H,4-11H2,1-3H3. The minimum atomic E-state index is -0.651. The Bertz CT molecular complexity index is 653. The Labute approximate surface area is 276 Å². The summed E-state index contributed by atoms with van der Waals surface area (Å²) in [6.07, 6.45) is 6.00. The van der Waals surface area contributed by atoms with E-state index < -0.39 is 6.10 Å². The number of hydrogen-bond acceptors (Lipinski definition) is 4. The van der Waals surface area contributed by atoms with Crippen molar-refractivity contribution >= 4 is 112 Å². The molecule has 3 aliphatic carbocycles. The Morgan fingerprint density at radius 2 is 0.972 bits per heavy atom. The molecule has 0 saturated heterocycles. The van der Waals surface area contributed by atoms with Crippen LogP contribution < -0.4 is 0 Å². The van der Waals surface area contributed by atoms with Crippen LogP contribution in [-0.4, -0.2) is 83.6 Å². The van der Waals surface area contributed by atoms with Crippen molar-refractivity contribution < 1.29 is 19.3 Å². The Kier molecular flexibility index (Phi) is 14.1. The third-order valence-electron chi connectivity index (χ3n) is 8.48. The number of ether oxygens (including phenoxy) is 3. The van der Waals surface area contributed by atoms with Crippen molar-refractivity contribution in [2.75, 3.05) is 20.3 Å². The summed E-state index contributed by atoms with van der Waals surface area (Å²) in [5, 5.41) is 10.6. The zero-order valence-corrected chi connectivity index (χ0v) is 32.1. The van der Waals surface area contributed by atoms with Gasteiger partial charge in [-0.05, 0) is 55.8 Å². The van der Waals surface area contributed by atoms with E-state index in [1.807, 2.05) is 0 Å². The van der Waals surface area contributed by atoms with E-state index in [9.17, 15) is 5.11 Å². The number of halogens is 7. The number of hydrogen-bond donors (Lipinski definition) is 1. The minimum Gasteiger partial charge on any atom is -0.388 e. The summed E-state index contributed by atoms with van der Waals surface area (Å²) in [6.45, 7) is 5.42. The van der Waals surface area contributed by atoms with Gasteiger partial charge in [0.15, 0.2) is 0 Å². The van der Waals surface area contributed by atoms with Crippen molar-refractivity contribution in [3.05, 3.63) is 0 Å². The summed E-state index contributed by atoms with van der Waals surface area (Å²) in [6, 6.07) is 0. The molecule has 0 radical (unpaired) electrons. The predicted molar refractivity (Wildman–Crippen MR) is 174 cm³/mol. The van der Waals surface area contributed by atoms with Gasteiger partial charge in [0.25, 0.3) is 0 Å². The van der Waals surface area contributed by atoms with E-state index in [1.54, 1.807) is 7.11 Å². The fourth-order valence-electron chi connectivity index (χ4n) is 6.10. The average molecular weight is 963 g/mol. The highest BCUT2D eigenvalue weighted by Gasteiger charge is 2.48. The largest absolute Gasteiger partial charge is 0.388 e. The first-order chi connectivity index (χ1) is 16.8. The summed E-state index contributed by atoms with van der Waals surface area (Å²) in [4.78, 5) is 2.19. The van der Waals surface area contributed by atoms with Crippen LogP contribution >= 0.6 is 112 Å². The summed E-state index contributed by atoms with van der Waals surface area (Å²) in [5.74, 6) is 1.17. The molecular formula is C25H39Br7O4. The number of methoxy groups -OCH3 is 1. The van der Waals surface area contributed by atoms with Gasteiger partial charge in [0, 0.05) is 40.9 Å². The molecular weight excluding hydrogens is 924 g/mol. The van der Waals surface area contributed by atoms with Gasteiger partial charge in [0.1, 0.15) is 6.10 Å². The first-order valence-corrected chi connectivity index (χ1v) is 19.2. The Morgan fingerprint density at radius 3 is 1.33 bits per heavy atom. The van der Waals surface area contributed by atoms with Crippen LogP contribution in [0.1, 0.15) is 52.4 Å². The van der Waals surface area contributed by atoms with Gasteiger partial charge in [0.05, 0.1) is 31.5 Å². The van der Waals surface area contributed by atoms with Crippen LogP contribution in [0.4, 0.5) is 0 Å². The van der Waals surface area contributed by atoms with Gasteiger partial charge >= 0.3 is 0 Å². The fraction of sp³-hybridized carbons (Fsp3) is 1.00. The SMILES string of the molecule is COC1C(Br)CC(C(C)(C)C2CC(Br)C(OCC(O)COC3C(Br)CC(Br)CC3Br)C(Br)C2)CC1Br. The van der Waals surface area contributed by atoms with E-state index in [4.69, 9.17) is 14.2 Å². The van der Waals surface area contributed by atoms with E-state index >= 15 is 0 Å². The first-order valence-electron chi connectivity index (χ1n) is 12.8. The molecule has 11 heteroatoms. The van der Waals surface area contributed by atoms with Crippen LogP contribution in [0.3, 0.4) is 0 Å². The van der Waals surface area contributed by atoms with Gasteiger partial charge in [-0.1, -0.05) is 125 Å². The summed E-state index contributed by atoms with van der Waals surface area (Å²) in [5.41, 5.74) is 0.194. The highest BCUT2D eigenvalue weighted by molar-refractivity contribution is 9.11. The number of alkyl halides is 7. The molecule has 7 unspecified atom stereocenters. The molecule has 3 saturated carbocycles. The van der Waals surface area contributed by atoms with Crippen LogP contribution in [-0.2, 0) is 14.2 Å². The van der Waals surface area contributed by atoms with Gasteiger partial charge in [-0.2, -0.15) is 0 Å². The molecule has 3 aliphatic rings. The molecule has 0 bridgehead atoms. The molecule has 36 heavy (non-hydrogen) atoms. The molecule has 1 N–H and O–H groups in total. The lowest BCUT2D eigenvalue weighted by Gasteiger charge is -2.50. The molecule has 212 valence electrons. The molecule has 3 fully saturated rings. The Morgan fingerprint density at radius 1 is 0.639 bits per heavy atom. The van der Waals surface area contributed by atoms with Crippen LogP contribution in [0, 0.1) is 17.3 Å². The van der Waals surface area contributed by atoms with Gasteiger partial charge in [-0.15, -0.1) is 0 Å². The number of aliphatic hydroxyl groups excluding tert-OH is 1. The minimum absolute atomic E-state index is 0.0143. The second-order valence-corrected chi connectivity index (χ2v) is 19.6. The van der Waals surface area contributed by atoms with Crippen molar-refractivity contribution in [2.45, 2.75) is 111 Å². The van der Waals surface area contributed by atoms with Crippen molar-refractivity contribution in [1.29, 1.82) is 0 Å². The van der Waals surface area contributed by atoms with Crippen LogP contribution in [0.15, 0.2) is 0 Å².